The first-order valence-electron chi connectivity index (χ1n) is 7.89. The van der Waals surface area contributed by atoms with E-state index in [-0.39, 0.29) is 12.6 Å². The summed E-state index contributed by atoms with van der Waals surface area (Å²) in [6.45, 7) is 2.44. The zero-order chi connectivity index (χ0) is 15.7. The highest BCUT2D eigenvalue weighted by molar-refractivity contribution is 5.90. The molecule has 1 unspecified atom stereocenters. The molecule has 1 aromatic carbocycles. The van der Waals surface area contributed by atoms with E-state index in [1.165, 1.54) is 24.0 Å². The number of nitrogens with zero attached hydrogens (tertiary/aromatic N) is 1. The van der Waals surface area contributed by atoms with Gasteiger partial charge in [0.25, 0.3) is 0 Å². The van der Waals surface area contributed by atoms with Crippen molar-refractivity contribution in [3.05, 3.63) is 29.3 Å². The predicted octanol–water partition coefficient (Wildman–Crippen LogP) is 2.89. The van der Waals surface area contributed by atoms with Gasteiger partial charge >= 0.3 is 12.0 Å². The topological polar surface area (TPSA) is 69.6 Å². The lowest BCUT2D eigenvalue weighted by Gasteiger charge is -2.21. The van der Waals surface area contributed by atoms with Crippen LogP contribution in [0.15, 0.2) is 18.2 Å². The Labute approximate surface area is 130 Å². The molecule has 1 fully saturated rings. The number of aryl methyl sites for hydroxylation is 2. The molecule has 118 valence electrons. The Kier molecular flexibility index (Phi) is 3.81. The number of carboxylic acid groups (broad SMARTS) is 1. The third-order valence-corrected chi connectivity index (χ3v) is 4.88. The third kappa shape index (κ3) is 2.80. The van der Waals surface area contributed by atoms with Crippen molar-refractivity contribution in [3.8, 4) is 0 Å². The van der Waals surface area contributed by atoms with Crippen LogP contribution < -0.4 is 5.32 Å². The Morgan fingerprint density at radius 3 is 2.64 bits per heavy atom. The van der Waals surface area contributed by atoms with Gasteiger partial charge in [0.05, 0.1) is 5.41 Å². The monoisotopic (exact) mass is 302 g/mol. The summed E-state index contributed by atoms with van der Waals surface area (Å²) >= 11 is 0. The average molecular weight is 302 g/mol. The van der Waals surface area contributed by atoms with Gasteiger partial charge in [-0.2, -0.15) is 0 Å². The molecule has 5 heteroatoms. The van der Waals surface area contributed by atoms with Gasteiger partial charge in [-0.25, -0.2) is 4.79 Å². The second-order valence-corrected chi connectivity index (χ2v) is 6.66. The van der Waals surface area contributed by atoms with E-state index >= 15 is 0 Å². The molecule has 1 aliphatic carbocycles. The van der Waals surface area contributed by atoms with Crippen molar-refractivity contribution in [3.63, 3.8) is 0 Å². The van der Waals surface area contributed by atoms with Gasteiger partial charge in [0, 0.05) is 18.8 Å². The molecule has 22 heavy (non-hydrogen) atoms. The second kappa shape index (κ2) is 5.63. The fraction of sp³-hybridized carbons (Fsp3) is 0.529. The van der Waals surface area contributed by atoms with Crippen molar-refractivity contribution >= 4 is 17.7 Å². The van der Waals surface area contributed by atoms with Crippen LogP contribution in [0.25, 0.3) is 0 Å². The van der Waals surface area contributed by atoms with E-state index in [1.807, 2.05) is 6.07 Å². The molecular formula is C17H22N2O3. The molecule has 0 saturated carbocycles. The van der Waals surface area contributed by atoms with Gasteiger partial charge in [-0.05, 0) is 62.3 Å². The molecule has 2 amide bonds. The number of amides is 2. The maximum absolute atomic E-state index is 12.3. The van der Waals surface area contributed by atoms with Crippen LogP contribution in [-0.4, -0.2) is 35.1 Å². The maximum atomic E-state index is 12.3. The number of hydrogen-bond donors (Lipinski definition) is 2. The molecule has 1 heterocycles. The van der Waals surface area contributed by atoms with Crippen LogP contribution in [0.5, 0.6) is 0 Å². The number of hydrogen-bond acceptors (Lipinski definition) is 2. The number of anilines is 1. The lowest BCUT2D eigenvalue weighted by atomic mass is 9.90. The molecule has 1 aromatic rings. The zero-order valence-corrected chi connectivity index (χ0v) is 12.9. The summed E-state index contributed by atoms with van der Waals surface area (Å²) in [6.07, 6.45) is 5.13. The van der Waals surface area contributed by atoms with E-state index in [9.17, 15) is 14.7 Å². The van der Waals surface area contributed by atoms with E-state index in [0.717, 1.165) is 18.5 Å². The molecule has 0 bridgehead atoms. The van der Waals surface area contributed by atoms with Crippen LogP contribution in [-0.2, 0) is 17.6 Å². The Morgan fingerprint density at radius 2 is 1.95 bits per heavy atom. The molecule has 5 nitrogen and oxygen atoms in total. The molecule has 0 aromatic heterocycles. The maximum Gasteiger partial charge on any atom is 0.321 e. The molecule has 2 aliphatic rings. The summed E-state index contributed by atoms with van der Waals surface area (Å²) < 4.78 is 0. The normalized spacial score (nSPS) is 24.0. The van der Waals surface area contributed by atoms with Gasteiger partial charge in [-0.15, -0.1) is 0 Å². The number of carbonyl (C=O) groups is 2. The summed E-state index contributed by atoms with van der Waals surface area (Å²) in [5.74, 6) is -0.836. The van der Waals surface area contributed by atoms with Crippen molar-refractivity contribution in [1.29, 1.82) is 0 Å². The van der Waals surface area contributed by atoms with Crippen LogP contribution in [0.1, 0.15) is 37.3 Å². The number of likely N-dealkylation sites (tertiary alicyclic amines) is 1. The number of carbonyl (C=O) groups excluding carboxylic acids is 1. The molecule has 3 rings (SSSR count). The first kappa shape index (κ1) is 14.9. The van der Waals surface area contributed by atoms with Gasteiger partial charge in [-0.3, -0.25) is 4.79 Å². The van der Waals surface area contributed by atoms with E-state index < -0.39 is 11.4 Å². The van der Waals surface area contributed by atoms with Gasteiger partial charge in [-0.1, -0.05) is 6.07 Å². The lowest BCUT2D eigenvalue weighted by molar-refractivity contribution is -0.146. The Hall–Kier alpha value is -2.04. The van der Waals surface area contributed by atoms with Crippen LogP contribution >= 0.6 is 0 Å². The minimum atomic E-state index is -0.836. The van der Waals surface area contributed by atoms with Crippen LogP contribution in [0.4, 0.5) is 10.5 Å². The van der Waals surface area contributed by atoms with E-state index in [2.05, 4.69) is 17.4 Å². The van der Waals surface area contributed by atoms with Crippen LogP contribution in [0.2, 0.25) is 0 Å². The first-order chi connectivity index (χ1) is 10.5. The fourth-order valence-corrected chi connectivity index (χ4v) is 3.32. The van der Waals surface area contributed by atoms with Crippen LogP contribution in [0.3, 0.4) is 0 Å². The zero-order valence-electron chi connectivity index (χ0n) is 12.9. The molecule has 2 N–H and O–H groups in total. The van der Waals surface area contributed by atoms with E-state index in [1.54, 1.807) is 11.8 Å². The molecule has 1 aliphatic heterocycles. The highest BCUT2D eigenvalue weighted by Crippen LogP contribution is 2.31. The Balaban J connectivity index is 1.66. The van der Waals surface area contributed by atoms with Crippen molar-refractivity contribution in [2.45, 2.75) is 39.0 Å². The first-order valence-corrected chi connectivity index (χ1v) is 7.89. The molecular weight excluding hydrogens is 280 g/mol. The second-order valence-electron chi connectivity index (χ2n) is 6.66. The van der Waals surface area contributed by atoms with Crippen molar-refractivity contribution in [1.82, 2.24) is 4.90 Å². The highest BCUT2D eigenvalue weighted by Gasteiger charge is 2.42. The largest absolute Gasteiger partial charge is 0.481 e. The average Bonchev–Trinajstić information content (AvgIpc) is 2.91. The van der Waals surface area contributed by atoms with Gasteiger partial charge in [0.2, 0.25) is 0 Å². The molecule has 1 saturated heterocycles. The number of fused-ring (bicyclic) bond motifs is 1. The van der Waals surface area contributed by atoms with Crippen molar-refractivity contribution in [2.24, 2.45) is 5.41 Å². The summed E-state index contributed by atoms with van der Waals surface area (Å²) in [7, 11) is 0. The minimum Gasteiger partial charge on any atom is -0.481 e. The number of carboxylic acids is 1. The Bertz CT molecular complexity index is 614. The van der Waals surface area contributed by atoms with Crippen molar-refractivity contribution < 1.29 is 14.7 Å². The molecule has 0 radical (unpaired) electrons. The highest BCUT2D eigenvalue weighted by atomic mass is 16.4. The smallest absolute Gasteiger partial charge is 0.321 e. The van der Waals surface area contributed by atoms with E-state index in [4.69, 9.17) is 0 Å². The number of urea groups is 1. The van der Waals surface area contributed by atoms with Gasteiger partial charge in [0.1, 0.15) is 0 Å². The fourth-order valence-electron chi connectivity index (χ4n) is 3.32. The Morgan fingerprint density at radius 1 is 1.23 bits per heavy atom. The summed E-state index contributed by atoms with van der Waals surface area (Å²) in [5, 5.41) is 12.1. The predicted molar refractivity (Wildman–Crippen MR) is 84.0 cm³/mol. The number of aliphatic carboxylic acids is 1. The minimum absolute atomic E-state index is 0.208. The SMILES string of the molecule is CC1(C(=O)O)CCN(C(=O)Nc2ccc3c(c2)CCCC3)C1. The number of rotatable bonds is 2. The quantitative estimate of drug-likeness (QED) is 0.882. The van der Waals surface area contributed by atoms with Crippen LogP contribution in [0, 0.1) is 5.41 Å². The standard InChI is InChI=1S/C17H22N2O3/c1-17(15(20)21)8-9-19(11-17)16(22)18-14-7-6-12-4-2-3-5-13(12)10-14/h6-7,10H,2-5,8-9,11H2,1H3,(H,18,22)(H,20,21). The van der Waals surface area contributed by atoms with Gasteiger partial charge in [0.15, 0.2) is 0 Å². The third-order valence-electron chi connectivity index (χ3n) is 4.88. The summed E-state index contributed by atoms with van der Waals surface area (Å²) in [6, 6.07) is 5.88. The lowest BCUT2D eigenvalue weighted by Crippen LogP contribution is -2.37. The van der Waals surface area contributed by atoms with Gasteiger partial charge < -0.3 is 15.3 Å². The summed E-state index contributed by atoms with van der Waals surface area (Å²) in [5.41, 5.74) is 2.67. The number of benzene rings is 1. The number of nitrogens with one attached hydrogen (secondary N) is 1. The molecule has 0 spiro atoms. The summed E-state index contributed by atoms with van der Waals surface area (Å²) in [4.78, 5) is 25.2. The molecule has 1 atom stereocenters. The van der Waals surface area contributed by atoms with E-state index in [0.29, 0.717) is 13.0 Å². The van der Waals surface area contributed by atoms with Crippen molar-refractivity contribution in [2.75, 3.05) is 18.4 Å².